The van der Waals surface area contributed by atoms with E-state index in [1.54, 1.807) is 0 Å². The number of nitrogens with zero attached hydrogens (tertiary/aromatic N) is 3. The Morgan fingerprint density at radius 1 is 0.676 bits per heavy atom. The molecule has 2 aliphatic heterocycles. The number of benzene rings is 3. The summed E-state index contributed by atoms with van der Waals surface area (Å²) in [5.41, 5.74) is 3.58. The van der Waals surface area contributed by atoms with E-state index in [4.69, 9.17) is 0 Å². The molecule has 6 heteroatoms. The number of rotatable bonds is 5. The molecule has 0 bridgehead atoms. The smallest absolute Gasteiger partial charge is 0.253 e. The highest BCUT2D eigenvalue weighted by molar-refractivity contribution is 5.95. The highest BCUT2D eigenvalue weighted by Gasteiger charge is 2.40. The summed E-state index contributed by atoms with van der Waals surface area (Å²) in [5.74, 6) is 0.0392. The number of amides is 2. The van der Waals surface area contributed by atoms with Crippen LogP contribution >= 0.6 is 0 Å². The third kappa shape index (κ3) is 4.47. The molecular weight excluding hydrogens is 426 g/mol. The van der Waals surface area contributed by atoms with Crippen LogP contribution in [0.15, 0.2) is 84.9 Å². The van der Waals surface area contributed by atoms with E-state index in [-0.39, 0.29) is 30.5 Å². The van der Waals surface area contributed by atoms with Crippen LogP contribution in [0.3, 0.4) is 0 Å². The van der Waals surface area contributed by atoms with Crippen LogP contribution in [-0.2, 0) is 0 Å². The first kappa shape index (κ1) is 22.3. The van der Waals surface area contributed by atoms with E-state index in [0.29, 0.717) is 43.9 Å². The summed E-state index contributed by atoms with van der Waals surface area (Å²) < 4.78 is 0. The lowest BCUT2D eigenvalue weighted by Gasteiger charge is -2.51. The summed E-state index contributed by atoms with van der Waals surface area (Å²) in [6.07, 6.45) is 0. The van der Waals surface area contributed by atoms with Crippen LogP contribution in [0.1, 0.15) is 20.7 Å². The minimum Gasteiger partial charge on any atom is -0.395 e. The van der Waals surface area contributed by atoms with E-state index < -0.39 is 0 Å². The monoisotopic (exact) mass is 455 g/mol. The van der Waals surface area contributed by atoms with E-state index in [2.05, 4.69) is 17.0 Å². The summed E-state index contributed by atoms with van der Waals surface area (Å²) in [6.45, 7) is 3.09. The van der Waals surface area contributed by atoms with Crippen molar-refractivity contribution in [1.82, 2.24) is 14.7 Å². The fraction of sp³-hybridized carbons (Fsp3) is 0.286. The van der Waals surface area contributed by atoms with Crippen molar-refractivity contribution in [3.8, 4) is 11.1 Å². The van der Waals surface area contributed by atoms with E-state index in [0.717, 1.165) is 11.1 Å². The third-order valence-corrected chi connectivity index (χ3v) is 6.90. The van der Waals surface area contributed by atoms with Gasteiger partial charge in [-0.15, -0.1) is 0 Å². The molecule has 0 aromatic heterocycles. The number of piperazine rings is 1. The van der Waals surface area contributed by atoms with Crippen molar-refractivity contribution in [2.45, 2.75) is 12.1 Å². The zero-order valence-corrected chi connectivity index (χ0v) is 19.1. The van der Waals surface area contributed by atoms with E-state index in [1.807, 2.05) is 82.6 Å². The molecule has 1 atom stereocenters. The maximum atomic E-state index is 13.0. The molecule has 6 nitrogen and oxygen atoms in total. The summed E-state index contributed by atoms with van der Waals surface area (Å²) in [4.78, 5) is 31.7. The SMILES string of the molecule is O=C(c1ccccc1)N1CCN(C2CN(C(=O)c3ccc(-c4ccccc4)cc3)C2)C(CO)C1. The molecule has 2 fully saturated rings. The van der Waals surface area contributed by atoms with Crippen molar-refractivity contribution >= 4 is 11.8 Å². The first-order chi connectivity index (χ1) is 16.6. The minimum atomic E-state index is -0.117. The Morgan fingerprint density at radius 2 is 1.24 bits per heavy atom. The standard InChI is InChI=1S/C28H29N3O3/c32-20-26-19-29(27(33)23-9-5-2-6-10-23)15-16-31(26)25-17-30(18-25)28(34)24-13-11-22(12-14-24)21-7-3-1-4-8-21/h1-14,25-26,32H,15-20H2. The van der Waals surface area contributed by atoms with Crippen molar-refractivity contribution in [2.75, 3.05) is 39.3 Å². The second-order valence-electron chi connectivity index (χ2n) is 9.00. The number of hydrogen-bond donors (Lipinski definition) is 1. The molecule has 1 unspecified atom stereocenters. The lowest BCUT2D eigenvalue weighted by molar-refractivity contribution is -0.0314. The first-order valence-electron chi connectivity index (χ1n) is 11.8. The van der Waals surface area contributed by atoms with Gasteiger partial charge < -0.3 is 14.9 Å². The van der Waals surface area contributed by atoms with E-state index in [9.17, 15) is 14.7 Å². The van der Waals surface area contributed by atoms with Crippen LogP contribution in [0.4, 0.5) is 0 Å². The van der Waals surface area contributed by atoms with Gasteiger partial charge in [0.2, 0.25) is 0 Å². The zero-order chi connectivity index (χ0) is 23.5. The van der Waals surface area contributed by atoms with Crippen LogP contribution in [-0.4, -0.2) is 83.0 Å². The van der Waals surface area contributed by atoms with Gasteiger partial charge in [0.25, 0.3) is 11.8 Å². The zero-order valence-electron chi connectivity index (χ0n) is 19.1. The number of carbonyl (C=O) groups excluding carboxylic acids is 2. The maximum Gasteiger partial charge on any atom is 0.253 e. The fourth-order valence-electron chi connectivity index (χ4n) is 4.91. The minimum absolute atomic E-state index is 0.00284. The molecule has 0 aliphatic carbocycles. The second-order valence-corrected chi connectivity index (χ2v) is 9.00. The predicted molar refractivity (Wildman–Crippen MR) is 131 cm³/mol. The van der Waals surface area contributed by atoms with Gasteiger partial charge in [0.15, 0.2) is 0 Å². The lowest BCUT2D eigenvalue weighted by atomic mass is 9.99. The Balaban J connectivity index is 1.17. The van der Waals surface area contributed by atoms with Crippen molar-refractivity contribution in [2.24, 2.45) is 0 Å². The molecule has 3 aromatic rings. The van der Waals surface area contributed by atoms with Gasteiger partial charge >= 0.3 is 0 Å². The average Bonchev–Trinajstić information content (AvgIpc) is 2.88. The molecule has 2 saturated heterocycles. The van der Waals surface area contributed by atoms with Crippen molar-refractivity contribution < 1.29 is 14.7 Å². The molecule has 0 spiro atoms. The molecule has 3 aromatic carbocycles. The summed E-state index contributed by atoms with van der Waals surface area (Å²) in [7, 11) is 0. The van der Waals surface area contributed by atoms with Gasteiger partial charge in [0, 0.05) is 49.9 Å². The van der Waals surface area contributed by atoms with Crippen LogP contribution in [0, 0.1) is 0 Å². The molecule has 0 saturated carbocycles. The first-order valence-corrected chi connectivity index (χ1v) is 11.8. The highest BCUT2D eigenvalue weighted by Crippen LogP contribution is 2.25. The molecular formula is C28H29N3O3. The van der Waals surface area contributed by atoms with Gasteiger partial charge in [-0.2, -0.15) is 0 Å². The lowest BCUT2D eigenvalue weighted by Crippen LogP contribution is -2.68. The third-order valence-electron chi connectivity index (χ3n) is 6.90. The van der Waals surface area contributed by atoms with Gasteiger partial charge in [-0.25, -0.2) is 0 Å². The molecule has 2 aliphatic rings. The molecule has 2 amide bonds. The van der Waals surface area contributed by atoms with Crippen LogP contribution in [0.25, 0.3) is 11.1 Å². The summed E-state index contributed by atoms with van der Waals surface area (Å²) in [5, 5.41) is 10.0. The van der Waals surface area contributed by atoms with Gasteiger partial charge in [0.1, 0.15) is 0 Å². The number of likely N-dealkylation sites (tertiary alicyclic amines) is 1. The molecule has 1 N–H and O–H groups in total. The van der Waals surface area contributed by atoms with E-state index >= 15 is 0 Å². The fourth-order valence-corrected chi connectivity index (χ4v) is 4.91. The normalized spacial score (nSPS) is 19.0. The Kier molecular flexibility index (Phi) is 6.43. The Labute approximate surface area is 200 Å². The number of aliphatic hydroxyl groups excluding tert-OH is 1. The topological polar surface area (TPSA) is 64.1 Å². The summed E-state index contributed by atoms with van der Waals surface area (Å²) in [6, 6.07) is 27.2. The molecule has 174 valence electrons. The Morgan fingerprint density at radius 3 is 1.88 bits per heavy atom. The average molecular weight is 456 g/mol. The van der Waals surface area contributed by atoms with Crippen LogP contribution in [0.2, 0.25) is 0 Å². The van der Waals surface area contributed by atoms with Crippen molar-refractivity contribution in [1.29, 1.82) is 0 Å². The van der Waals surface area contributed by atoms with Crippen LogP contribution in [0.5, 0.6) is 0 Å². The van der Waals surface area contributed by atoms with Crippen molar-refractivity contribution in [3.05, 3.63) is 96.1 Å². The molecule has 34 heavy (non-hydrogen) atoms. The second kappa shape index (κ2) is 9.79. The van der Waals surface area contributed by atoms with Gasteiger partial charge in [-0.05, 0) is 35.4 Å². The van der Waals surface area contributed by atoms with Gasteiger partial charge in [0.05, 0.1) is 12.6 Å². The predicted octanol–water partition coefficient (Wildman–Crippen LogP) is 3.00. The number of carbonyl (C=O) groups is 2. The highest BCUT2D eigenvalue weighted by atomic mass is 16.3. The van der Waals surface area contributed by atoms with Gasteiger partial charge in [-0.3, -0.25) is 14.5 Å². The van der Waals surface area contributed by atoms with Gasteiger partial charge in [-0.1, -0.05) is 60.7 Å². The van der Waals surface area contributed by atoms with E-state index in [1.165, 1.54) is 0 Å². The number of aliphatic hydroxyl groups is 1. The number of hydrogen-bond acceptors (Lipinski definition) is 4. The quantitative estimate of drug-likeness (QED) is 0.643. The molecule has 2 heterocycles. The maximum absolute atomic E-state index is 13.0. The molecule has 5 rings (SSSR count). The van der Waals surface area contributed by atoms with Crippen LogP contribution < -0.4 is 0 Å². The molecule has 0 radical (unpaired) electrons. The largest absolute Gasteiger partial charge is 0.395 e. The van der Waals surface area contributed by atoms with Crippen molar-refractivity contribution in [3.63, 3.8) is 0 Å². The summed E-state index contributed by atoms with van der Waals surface area (Å²) >= 11 is 0. The Hall–Kier alpha value is -3.48. The Bertz CT molecular complexity index is 1130.